The Balaban J connectivity index is 1.82. The first-order valence-electron chi connectivity index (χ1n) is 7.79. The number of hydrogen-bond donors (Lipinski definition) is 0. The SMILES string of the molecule is CC12CC1C(=O)/C(=C1/OCc3ccccc31)c1ccccc12. The third-order valence-corrected chi connectivity index (χ3v) is 5.47. The van der Waals surface area contributed by atoms with Crippen molar-refractivity contribution in [1.82, 2.24) is 0 Å². The number of allylic oxidation sites excluding steroid dienone is 1. The van der Waals surface area contributed by atoms with Crippen LogP contribution in [0.5, 0.6) is 0 Å². The van der Waals surface area contributed by atoms with Gasteiger partial charge < -0.3 is 4.74 Å². The van der Waals surface area contributed by atoms with Crippen LogP contribution in [0.4, 0.5) is 0 Å². The van der Waals surface area contributed by atoms with Gasteiger partial charge in [0.1, 0.15) is 12.4 Å². The van der Waals surface area contributed by atoms with Gasteiger partial charge in [-0.2, -0.15) is 0 Å². The normalized spacial score (nSPS) is 31.1. The Morgan fingerprint density at radius 1 is 1.05 bits per heavy atom. The van der Waals surface area contributed by atoms with Crippen molar-refractivity contribution in [3.05, 3.63) is 70.8 Å². The van der Waals surface area contributed by atoms with Crippen LogP contribution in [0.3, 0.4) is 0 Å². The molecule has 2 heteroatoms. The van der Waals surface area contributed by atoms with E-state index in [0.29, 0.717) is 6.61 Å². The van der Waals surface area contributed by atoms with E-state index < -0.39 is 0 Å². The molecule has 0 saturated heterocycles. The summed E-state index contributed by atoms with van der Waals surface area (Å²) in [6, 6.07) is 16.5. The van der Waals surface area contributed by atoms with Crippen LogP contribution in [0.15, 0.2) is 48.5 Å². The van der Waals surface area contributed by atoms with Gasteiger partial charge in [0.15, 0.2) is 5.78 Å². The minimum Gasteiger partial charge on any atom is -0.487 e. The lowest BCUT2D eigenvalue weighted by molar-refractivity contribution is -0.115. The molecule has 22 heavy (non-hydrogen) atoms. The van der Waals surface area contributed by atoms with Crippen LogP contribution in [0.2, 0.25) is 0 Å². The zero-order valence-corrected chi connectivity index (χ0v) is 12.4. The molecule has 3 aliphatic rings. The molecule has 0 amide bonds. The number of carbonyl (C=O) groups excluding carboxylic acids is 1. The Kier molecular flexibility index (Phi) is 2.16. The monoisotopic (exact) mass is 288 g/mol. The van der Waals surface area contributed by atoms with Gasteiger partial charge in [-0.15, -0.1) is 0 Å². The van der Waals surface area contributed by atoms with E-state index in [0.717, 1.165) is 28.9 Å². The molecule has 1 fully saturated rings. The Labute approximate surface area is 129 Å². The molecule has 1 heterocycles. The topological polar surface area (TPSA) is 26.3 Å². The van der Waals surface area contributed by atoms with Crippen LogP contribution < -0.4 is 0 Å². The predicted molar refractivity (Wildman–Crippen MR) is 85.0 cm³/mol. The predicted octanol–water partition coefficient (Wildman–Crippen LogP) is 3.95. The number of rotatable bonds is 0. The highest BCUT2D eigenvalue weighted by Gasteiger charge is 2.60. The summed E-state index contributed by atoms with van der Waals surface area (Å²) >= 11 is 0. The van der Waals surface area contributed by atoms with Gasteiger partial charge in [0.25, 0.3) is 0 Å². The third-order valence-electron chi connectivity index (χ3n) is 5.47. The van der Waals surface area contributed by atoms with Crippen molar-refractivity contribution in [2.45, 2.75) is 25.4 Å². The highest BCUT2D eigenvalue weighted by Crippen LogP contribution is 2.61. The molecule has 2 unspecified atom stereocenters. The average Bonchev–Trinajstić information content (AvgIpc) is 3.09. The molecule has 0 radical (unpaired) electrons. The molecule has 0 aromatic heterocycles. The average molecular weight is 288 g/mol. The maximum atomic E-state index is 13.0. The molecule has 2 nitrogen and oxygen atoms in total. The summed E-state index contributed by atoms with van der Waals surface area (Å²) < 4.78 is 5.95. The van der Waals surface area contributed by atoms with Gasteiger partial charge in [0, 0.05) is 22.5 Å². The maximum absolute atomic E-state index is 13.0. The van der Waals surface area contributed by atoms with Gasteiger partial charge in [0.2, 0.25) is 0 Å². The summed E-state index contributed by atoms with van der Waals surface area (Å²) in [6.45, 7) is 2.77. The van der Waals surface area contributed by atoms with Crippen LogP contribution in [0.25, 0.3) is 11.3 Å². The fraction of sp³-hybridized carbons (Fsp3) is 0.250. The number of carbonyl (C=O) groups is 1. The Hall–Kier alpha value is -2.35. The van der Waals surface area contributed by atoms with E-state index in [-0.39, 0.29) is 17.1 Å². The summed E-state index contributed by atoms with van der Waals surface area (Å²) in [5, 5.41) is 0. The van der Waals surface area contributed by atoms with Crippen molar-refractivity contribution in [1.29, 1.82) is 0 Å². The lowest BCUT2D eigenvalue weighted by Crippen LogP contribution is -2.22. The third kappa shape index (κ3) is 1.38. The molecule has 1 saturated carbocycles. The van der Waals surface area contributed by atoms with Crippen LogP contribution >= 0.6 is 0 Å². The van der Waals surface area contributed by atoms with Crippen molar-refractivity contribution in [2.24, 2.45) is 5.92 Å². The summed E-state index contributed by atoms with van der Waals surface area (Å²) in [7, 11) is 0. The zero-order chi connectivity index (χ0) is 14.9. The van der Waals surface area contributed by atoms with E-state index >= 15 is 0 Å². The van der Waals surface area contributed by atoms with Gasteiger partial charge in [-0.3, -0.25) is 4.79 Å². The fourth-order valence-electron chi connectivity index (χ4n) is 4.09. The van der Waals surface area contributed by atoms with Gasteiger partial charge in [-0.05, 0) is 17.5 Å². The molecule has 2 atom stereocenters. The molecule has 0 N–H and O–H groups in total. The molecule has 2 aromatic carbocycles. The minimum absolute atomic E-state index is 0.0376. The largest absolute Gasteiger partial charge is 0.487 e. The Morgan fingerprint density at radius 3 is 2.64 bits per heavy atom. The van der Waals surface area contributed by atoms with Crippen molar-refractivity contribution < 1.29 is 9.53 Å². The van der Waals surface area contributed by atoms with Crippen molar-refractivity contribution in [3.8, 4) is 0 Å². The molecule has 108 valence electrons. The van der Waals surface area contributed by atoms with Crippen molar-refractivity contribution in [2.75, 3.05) is 0 Å². The summed E-state index contributed by atoms with van der Waals surface area (Å²) in [4.78, 5) is 13.0. The molecule has 1 aliphatic heterocycles. The second kappa shape index (κ2) is 3.89. The molecular weight excluding hydrogens is 272 g/mol. The first-order chi connectivity index (χ1) is 10.7. The second-order valence-corrected chi connectivity index (χ2v) is 6.73. The molecule has 5 rings (SSSR count). The van der Waals surface area contributed by atoms with E-state index in [1.807, 2.05) is 18.2 Å². The van der Waals surface area contributed by atoms with Gasteiger partial charge in [-0.25, -0.2) is 0 Å². The molecular formula is C20H16O2. The summed E-state index contributed by atoms with van der Waals surface area (Å²) in [6.07, 6.45) is 0.960. The first-order valence-corrected chi connectivity index (χ1v) is 7.79. The zero-order valence-electron chi connectivity index (χ0n) is 12.4. The number of Topliss-reactive ketones (excluding diaryl/α,β-unsaturated/α-hetero) is 1. The van der Waals surface area contributed by atoms with E-state index in [1.165, 1.54) is 11.1 Å². The number of benzene rings is 2. The minimum atomic E-state index is 0.0376. The smallest absolute Gasteiger partial charge is 0.171 e. The van der Waals surface area contributed by atoms with Gasteiger partial charge in [-0.1, -0.05) is 55.5 Å². The van der Waals surface area contributed by atoms with Crippen molar-refractivity contribution >= 4 is 17.1 Å². The molecule has 0 spiro atoms. The van der Waals surface area contributed by atoms with Crippen LogP contribution in [0.1, 0.15) is 35.6 Å². The van der Waals surface area contributed by atoms with Crippen molar-refractivity contribution in [3.63, 3.8) is 0 Å². The first kappa shape index (κ1) is 12.2. The standard InChI is InChI=1S/C20H16O2/c1-20-10-16(20)18(21)17(14-8-4-5-9-15(14)20)19-13-7-3-2-6-12(13)11-22-19/h2-9,16H,10-11H2,1H3/b19-17+. The van der Waals surface area contributed by atoms with Gasteiger partial charge >= 0.3 is 0 Å². The Morgan fingerprint density at radius 2 is 1.77 bits per heavy atom. The summed E-state index contributed by atoms with van der Waals surface area (Å²) in [5.74, 6) is 1.16. The van der Waals surface area contributed by atoms with E-state index in [9.17, 15) is 4.79 Å². The van der Waals surface area contributed by atoms with Crippen LogP contribution in [0, 0.1) is 5.92 Å². The Bertz CT molecular complexity index is 862. The molecule has 2 aliphatic carbocycles. The van der Waals surface area contributed by atoms with E-state index in [1.54, 1.807) is 0 Å². The quantitative estimate of drug-likeness (QED) is 0.686. The lowest BCUT2D eigenvalue weighted by Gasteiger charge is -2.24. The number of hydrogen-bond acceptors (Lipinski definition) is 2. The van der Waals surface area contributed by atoms with Gasteiger partial charge in [0.05, 0.1) is 5.57 Å². The maximum Gasteiger partial charge on any atom is 0.171 e. The fourth-order valence-corrected chi connectivity index (χ4v) is 4.09. The number of ketones is 1. The lowest BCUT2D eigenvalue weighted by atomic mass is 9.78. The molecule has 2 aromatic rings. The summed E-state index contributed by atoms with van der Waals surface area (Å²) in [5.41, 5.74) is 5.44. The second-order valence-electron chi connectivity index (χ2n) is 6.73. The molecule has 0 bridgehead atoms. The van der Waals surface area contributed by atoms with Crippen LogP contribution in [-0.4, -0.2) is 5.78 Å². The van der Waals surface area contributed by atoms with Crippen LogP contribution in [-0.2, 0) is 21.6 Å². The van der Waals surface area contributed by atoms with E-state index in [2.05, 4.69) is 37.3 Å². The highest BCUT2D eigenvalue weighted by molar-refractivity contribution is 6.31. The number of fused-ring (bicyclic) bond motifs is 4. The number of ether oxygens (including phenoxy) is 1. The highest BCUT2D eigenvalue weighted by atomic mass is 16.5. The van der Waals surface area contributed by atoms with E-state index in [4.69, 9.17) is 4.74 Å².